The van der Waals surface area contributed by atoms with Gasteiger partial charge in [0.15, 0.2) is 0 Å². The molecule has 0 spiro atoms. The van der Waals surface area contributed by atoms with Gasteiger partial charge >= 0.3 is 6.18 Å². The van der Waals surface area contributed by atoms with E-state index in [1.54, 1.807) is 6.92 Å². The van der Waals surface area contributed by atoms with Crippen LogP contribution in [-0.2, 0) is 9.53 Å². The van der Waals surface area contributed by atoms with Crippen molar-refractivity contribution in [1.82, 2.24) is 15.3 Å². The summed E-state index contributed by atoms with van der Waals surface area (Å²) in [5.41, 5.74) is 0. The molecule has 0 aliphatic heterocycles. The van der Waals surface area contributed by atoms with E-state index in [-0.39, 0.29) is 21.2 Å². The second-order valence-electron chi connectivity index (χ2n) is 5.87. The molecule has 1 amide bonds. The molecule has 2 N–H and O–H groups in total. The normalized spacial score (nSPS) is 13.5. The largest absolute Gasteiger partial charge is 0.479 e. The first-order valence-electron chi connectivity index (χ1n) is 8.62. The molecule has 1 aromatic rings. The van der Waals surface area contributed by atoms with Gasteiger partial charge in [-0.25, -0.2) is 9.97 Å². The van der Waals surface area contributed by atoms with Crippen LogP contribution in [0.3, 0.4) is 0 Å². The van der Waals surface area contributed by atoms with Gasteiger partial charge in [0.25, 0.3) is 0 Å². The van der Waals surface area contributed by atoms with Gasteiger partial charge in [0, 0.05) is 24.8 Å². The Balaban J connectivity index is 2.70. The monoisotopic (exact) mass is 492 g/mol. The first-order chi connectivity index (χ1) is 13.5. The summed E-state index contributed by atoms with van der Waals surface area (Å²) >= 11 is 17.6. The Kier molecular flexibility index (Phi) is 11.3. The van der Waals surface area contributed by atoms with E-state index in [4.69, 9.17) is 40.2 Å². The van der Waals surface area contributed by atoms with Crippen molar-refractivity contribution in [3.05, 3.63) is 16.5 Å². The highest BCUT2D eigenvalue weighted by Crippen LogP contribution is 2.30. The van der Waals surface area contributed by atoms with Gasteiger partial charge < -0.3 is 15.4 Å². The fourth-order valence-corrected chi connectivity index (χ4v) is 4.29. The SMILES string of the molecule is CCOC(=S)SC(CCCNc1cc(Cl)nc(Cl)n1)CC(NC(C)=O)C(F)(F)F. The molecule has 13 heteroatoms. The second-order valence-corrected chi connectivity index (χ2v) is 8.49. The number of amides is 1. The molecule has 0 aliphatic carbocycles. The quantitative estimate of drug-likeness (QED) is 0.209. The highest BCUT2D eigenvalue weighted by molar-refractivity contribution is 8.23. The molecule has 0 fully saturated rings. The maximum atomic E-state index is 13.3. The fraction of sp³-hybridized carbons (Fsp3) is 0.625. The van der Waals surface area contributed by atoms with E-state index < -0.39 is 23.4 Å². The first kappa shape index (κ1) is 26.0. The molecule has 0 saturated heterocycles. The lowest BCUT2D eigenvalue weighted by molar-refractivity contribution is -0.162. The van der Waals surface area contributed by atoms with E-state index >= 15 is 0 Å². The molecule has 0 aromatic carbocycles. The summed E-state index contributed by atoms with van der Waals surface area (Å²) in [4.78, 5) is 18.8. The predicted molar refractivity (Wildman–Crippen MR) is 114 cm³/mol. The van der Waals surface area contributed by atoms with Gasteiger partial charge in [-0.05, 0) is 50.0 Å². The predicted octanol–water partition coefficient (Wildman–Crippen LogP) is 4.86. The molecule has 2 unspecified atom stereocenters. The number of halogens is 5. The van der Waals surface area contributed by atoms with Crippen LogP contribution < -0.4 is 10.6 Å². The van der Waals surface area contributed by atoms with E-state index in [0.29, 0.717) is 31.8 Å². The topological polar surface area (TPSA) is 76.1 Å². The number of nitrogens with one attached hydrogen (secondary N) is 2. The number of carbonyl (C=O) groups is 1. The Morgan fingerprint density at radius 1 is 1.38 bits per heavy atom. The van der Waals surface area contributed by atoms with E-state index in [9.17, 15) is 18.0 Å². The number of nitrogens with zero attached hydrogens (tertiary/aromatic N) is 2. The molecule has 29 heavy (non-hydrogen) atoms. The summed E-state index contributed by atoms with van der Waals surface area (Å²) in [5.74, 6) is -0.335. The lowest BCUT2D eigenvalue weighted by Crippen LogP contribution is -2.46. The Morgan fingerprint density at radius 2 is 2.07 bits per heavy atom. The van der Waals surface area contributed by atoms with E-state index in [1.807, 2.05) is 5.32 Å². The van der Waals surface area contributed by atoms with Crippen molar-refractivity contribution >= 4 is 63.3 Å². The maximum Gasteiger partial charge on any atom is 0.408 e. The van der Waals surface area contributed by atoms with E-state index in [1.165, 1.54) is 6.07 Å². The van der Waals surface area contributed by atoms with Gasteiger partial charge in [-0.15, -0.1) is 0 Å². The molecule has 0 bridgehead atoms. The van der Waals surface area contributed by atoms with Gasteiger partial charge in [-0.2, -0.15) is 13.2 Å². The zero-order chi connectivity index (χ0) is 22.0. The number of hydrogen-bond acceptors (Lipinski definition) is 7. The van der Waals surface area contributed by atoms with Crippen LogP contribution in [0.5, 0.6) is 0 Å². The number of carbonyl (C=O) groups excluding carboxylic acids is 1. The van der Waals surface area contributed by atoms with E-state index in [0.717, 1.165) is 18.7 Å². The summed E-state index contributed by atoms with van der Waals surface area (Å²) < 4.78 is 45.2. The van der Waals surface area contributed by atoms with Crippen LogP contribution >= 0.6 is 47.2 Å². The standard InChI is InChI=1S/C16H21Cl2F3N4O2S2/c1-3-27-15(28)29-10(7-11(16(19,20)21)23-9(2)26)5-4-6-22-13-8-12(17)24-14(18)25-13/h8,10-11H,3-7H2,1-2H3,(H,23,26)(H,22,24,25). The number of ether oxygens (including phenoxy) is 1. The van der Waals surface area contributed by atoms with Gasteiger partial charge in [0.05, 0.1) is 6.61 Å². The third-order valence-corrected chi connectivity index (χ3v) is 5.31. The molecule has 0 radical (unpaired) electrons. The number of thiocarbonyl (C=S) groups is 1. The van der Waals surface area contributed by atoms with Crippen molar-refractivity contribution in [2.24, 2.45) is 0 Å². The number of anilines is 1. The van der Waals surface area contributed by atoms with Crippen molar-refractivity contribution in [2.45, 2.75) is 50.6 Å². The molecule has 2 atom stereocenters. The Bertz CT molecular complexity index is 678. The summed E-state index contributed by atoms with van der Waals surface area (Å²) in [6, 6.07) is -0.477. The summed E-state index contributed by atoms with van der Waals surface area (Å²) in [6.07, 6.45) is -3.99. The highest BCUT2D eigenvalue weighted by Gasteiger charge is 2.41. The number of thioether (sulfide) groups is 1. The summed E-state index contributed by atoms with van der Waals surface area (Å²) in [5, 5.41) is 4.60. The lowest BCUT2D eigenvalue weighted by Gasteiger charge is -2.26. The third-order valence-electron chi connectivity index (χ3n) is 3.47. The number of rotatable bonds is 10. The molecule has 1 heterocycles. The average molecular weight is 493 g/mol. The minimum absolute atomic E-state index is 0.0150. The second kappa shape index (κ2) is 12.6. The Labute approximate surface area is 186 Å². The van der Waals surface area contributed by atoms with Gasteiger partial charge in [0.1, 0.15) is 17.0 Å². The zero-order valence-corrected chi connectivity index (χ0v) is 18.8. The van der Waals surface area contributed by atoms with Gasteiger partial charge in [0.2, 0.25) is 15.6 Å². The minimum atomic E-state index is -4.57. The first-order valence-corrected chi connectivity index (χ1v) is 10.7. The van der Waals surface area contributed by atoms with Crippen molar-refractivity contribution in [3.8, 4) is 0 Å². The lowest BCUT2D eigenvalue weighted by atomic mass is 10.1. The molecule has 0 aliphatic rings. The van der Waals surface area contributed by atoms with Crippen LogP contribution in [0.4, 0.5) is 19.0 Å². The minimum Gasteiger partial charge on any atom is -0.479 e. The molecule has 1 aromatic heterocycles. The smallest absolute Gasteiger partial charge is 0.408 e. The van der Waals surface area contributed by atoms with Crippen LogP contribution in [0, 0.1) is 0 Å². The number of aromatic nitrogens is 2. The summed E-state index contributed by atoms with van der Waals surface area (Å²) in [6.45, 7) is 3.52. The van der Waals surface area contributed by atoms with Crippen molar-refractivity contribution in [2.75, 3.05) is 18.5 Å². The van der Waals surface area contributed by atoms with Gasteiger partial charge in [-0.3, -0.25) is 4.79 Å². The van der Waals surface area contributed by atoms with Crippen LogP contribution in [0.2, 0.25) is 10.4 Å². The molecular formula is C16H21Cl2F3N4O2S2. The number of hydrogen-bond donors (Lipinski definition) is 2. The van der Waals surface area contributed by atoms with Crippen LogP contribution in [0.25, 0.3) is 0 Å². The molecule has 1 rings (SSSR count). The van der Waals surface area contributed by atoms with Crippen molar-refractivity contribution in [1.29, 1.82) is 0 Å². The molecule has 164 valence electrons. The molecule has 0 saturated carbocycles. The van der Waals surface area contributed by atoms with Crippen LogP contribution in [0.15, 0.2) is 6.07 Å². The van der Waals surface area contributed by atoms with Crippen molar-refractivity contribution in [3.63, 3.8) is 0 Å². The average Bonchev–Trinajstić information content (AvgIpc) is 2.56. The Morgan fingerprint density at radius 3 is 2.62 bits per heavy atom. The van der Waals surface area contributed by atoms with Crippen molar-refractivity contribution < 1.29 is 22.7 Å². The van der Waals surface area contributed by atoms with E-state index in [2.05, 4.69) is 15.3 Å². The molecular weight excluding hydrogens is 472 g/mol. The van der Waals surface area contributed by atoms with Gasteiger partial charge in [-0.1, -0.05) is 23.4 Å². The summed E-state index contributed by atoms with van der Waals surface area (Å²) in [7, 11) is 0. The van der Waals surface area contributed by atoms with Crippen LogP contribution in [0.1, 0.15) is 33.1 Å². The Hall–Kier alpha value is -1.04. The fourth-order valence-electron chi connectivity index (χ4n) is 2.32. The zero-order valence-electron chi connectivity index (χ0n) is 15.7. The maximum absolute atomic E-state index is 13.3. The molecule has 6 nitrogen and oxygen atoms in total. The third kappa shape index (κ3) is 11.1. The number of alkyl halides is 3. The highest BCUT2D eigenvalue weighted by atomic mass is 35.5. The van der Waals surface area contributed by atoms with Crippen LogP contribution in [-0.4, -0.2) is 50.9 Å².